The van der Waals surface area contributed by atoms with Crippen LogP contribution in [0.4, 0.5) is 0 Å². The highest BCUT2D eigenvalue weighted by Crippen LogP contribution is 1.88. The van der Waals surface area contributed by atoms with Crippen molar-refractivity contribution in [1.82, 2.24) is 0 Å². The van der Waals surface area contributed by atoms with E-state index < -0.39 is 12.0 Å². The molecule has 1 unspecified atom stereocenters. The van der Waals surface area contributed by atoms with Crippen molar-refractivity contribution in [3.05, 3.63) is 0 Å². The Morgan fingerprint density at radius 1 is 1.50 bits per heavy atom. The molecule has 0 bridgehead atoms. The third-order valence-corrected chi connectivity index (χ3v) is 1.17. The molecule has 0 spiro atoms. The van der Waals surface area contributed by atoms with E-state index in [0.717, 1.165) is 0 Å². The molecule has 1 atom stereocenters. The summed E-state index contributed by atoms with van der Waals surface area (Å²) >= 11 is 0. The van der Waals surface area contributed by atoms with Crippen molar-refractivity contribution < 1.29 is 14.3 Å². The van der Waals surface area contributed by atoms with E-state index in [1.54, 1.807) is 7.11 Å². The summed E-state index contributed by atoms with van der Waals surface area (Å²) in [5.41, 5.74) is 5.39. The number of esters is 1. The van der Waals surface area contributed by atoms with Crippen molar-refractivity contribution in [2.24, 2.45) is 5.73 Å². The van der Waals surface area contributed by atoms with Crippen LogP contribution in [0.2, 0.25) is 0 Å². The van der Waals surface area contributed by atoms with Crippen molar-refractivity contribution >= 4 is 5.97 Å². The molecule has 0 aromatic heterocycles. The van der Waals surface area contributed by atoms with Crippen LogP contribution in [0.25, 0.3) is 0 Å². The summed E-state index contributed by atoms with van der Waals surface area (Å²) in [4.78, 5) is 10.7. The van der Waals surface area contributed by atoms with Crippen LogP contribution in [0.1, 0.15) is 6.42 Å². The van der Waals surface area contributed by atoms with E-state index in [4.69, 9.17) is 5.73 Å². The van der Waals surface area contributed by atoms with Gasteiger partial charge < -0.3 is 15.2 Å². The van der Waals surface area contributed by atoms with Crippen LogP contribution in [0.15, 0.2) is 0 Å². The van der Waals surface area contributed by atoms with Gasteiger partial charge in [-0.1, -0.05) is 11.8 Å². The highest BCUT2D eigenvalue weighted by Gasteiger charge is 2.10. The van der Waals surface area contributed by atoms with E-state index in [1.165, 1.54) is 7.11 Å². The summed E-state index contributed by atoms with van der Waals surface area (Å²) in [6.07, 6.45) is 0.302. The number of nitrogens with two attached hydrogens (primary N) is 1. The molecule has 0 aliphatic carbocycles. The lowest BCUT2D eigenvalue weighted by atomic mass is 10.2. The number of methoxy groups -OCH3 is 2. The van der Waals surface area contributed by atoms with E-state index in [-0.39, 0.29) is 0 Å². The molecule has 0 aromatic rings. The van der Waals surface area contributed by atoms with Gasteiger partial charge >= 0.3 is 5.97 Å². The first-order valence-corrected chi connectivity index (χ1v) is 3.50. The van der Waals surface area contributed by atoms with Gasteiger partial charge in [0.2, 0.25) is 0 Å². The van der Waals surface area contributed by atoms with Crippen LogP contribution < -0.4 is 5.73 Å². The Balaban J connectivity index is 3.65. The second-order valence-electron chi connectivity index (χ2n) is 2.12. The van der Waals surface area contributed by atoms with Crippen LogP contribution >= 0.6 is 0 Å². The first-order chi connectivity index (χ1) is 5.72. The van der Waals surface area contributed by atoms with E-state index in [0.29, 0.717) is 13.0 Å². The molecule has 68 valence electrons. The fourth-order valence-corrected chi connectivity index (χ4v) is 0.540. The Labute approximate surface area is 72.0 Å². The van der Waals surface area contributed by atoms with Crippen LogP contribution in [-0.4, -0.2) is 32.8 Å². The van der Waals surface area contributed by atoms with Gasteiger partial charge in [-0.05, 0) is 0 Å². The molecule has 0 fully saturated rings. The zero-order valence-corrected chi connectivity index (χ0v) is 7.29. The summed E-state index contributed by atoms with van der Waals surface area (Å²) in [5, 5.41) is 0. The van der Waals surface area contributed by atoms with Gasteiger partial charge in [0, 0.05) is 13.5 Å². The first kappa shape index (κ1) is 11.0. The maximum atomic E-state index is 10.7. The Morgan fingerprint density at radius 3 is 2.67 bits per heavy atom. The Bertz CT molecular complexity index is 192. The van der Waals surface area contributed by atoms with E-state index >= 15 is 0 Å². The van der Waals surface area contributed by atoms with Gasteiger partial charge in [-0.25, -0.2) is 0 Å². The summed E-state index contributed by atoms with van der Waals surface area (Å²) in [7, 11) is 2.85. The minimum Gasteiger partial charge on any atom is -0.468 e. The third kappa shape index (κ3) is 4.72. The zero-order valence-electron chi connectivity index (χ0n) is 7.29. The van der Waals surface area contributed by atoms with Crippen molar-refractivity contribution in [3.8, 4) is 11.8 Å². The molecule has 0 saturated heterocycles. The summed E-state index contributed by atoms with van der Waals surface area (Å²) in [5.74, 6) is 4.94. The lowest BCUT2D eigenvalue weighted by Crippen LogP contribution is -2.30. The van der Waals surface area contributed by atoms with E-state index in [9.17, 15) is 4.79 Å². The largest absolute Gasteiger partial charge is 0.468 e. The number of hydrogen-bond donors (Lipinski definition) is 1. The van der Waals surface area contributed by atoms with E-state index in [2.05, 4.69) is 21.3 Å². The average molecular weight is 171 g/mol. The van der Waals surface area contributed by atoms with Gasteiger partial charge in [-0.2, -0.15) is 0 Å². The molecule has 0 amide bonds. The SMILES string of the molecule is COCC#CCC(N)C(=O)OC. The number of carbonyl (C=O) groups is 1. The lowest BCUT2D eigenvalue weighted by molar-refractivity contribution is -0.142. The van der Waals surface area contributed by atoms with Crippen LogP contribution in [0.3, 0.4) is 0 Å². The van der Waals surface area contributed by atoms with Gasteiger partial charge in [0.05, 0.1) is 7.11 Å². The molecule has 0 aliphatic rings. The Morgan fingerprint density at radius 2 is 2.17 bits per heavy atom. The second-order valence-corrected chi connectivity index (χ2v) is 2.12. The molecule has 2 N–H and O–H groups in total. The highest BCUT2D eigenvalue weighted by molar-refractivity contribution is 5.75. The molecular weight excluding hydrogens is 158 g/mol. The first-order valence-electron chi connectivity index (χ1n) is 3.50. The molecule has 0 aromatic carbocycles. The number of hydrogen-bond acceptors (Lipinski definition) is 4. The summed E-state index contributed by atoms with van der Waals surface area (Å²) in [6, 6.07) is -0.653. The maximum absolute atomic E-state index is 10.7. The number of carbonyl (C=O) groups excluding carboxylic acids is 1. The molecule has 4 nitrogen and oxygen atoms in total. The van der Waals surface area contributed by atoms with Gasteiger partial charge in [0.15, 0.2) is 0 Å². The molecule has 0 heterocycles. The maximum Gasteiger partial charge on any atom is 0.323 e. The fourth-order valence-electron chi connectivity index (χ4n) is 0.540. The molecular formula is C8H13NO3. The number of rotatable bonds is 3. The molecule has 0 rings (SSSR count). The molecule has 0 radical (unpaired) electrons. The van der Waals surface area contributed by atoms with Crippen molar-refractivity contribution in [3.63, 3.8) is 0 Å². The minimum absolute atomic E-state index is 0.302. The quantitative estimate of drug-likeness (QED) is 0.460. The van der Waals surface area contributed by atoms with Crippen LogP contribution in [0, 0.1) is 11.8 Å². The fraction of sp³-hybridized carbons (Fsp3) is 0.625. The van der Waals surface area contributed by atoms with E-state index in [1.807, 2.05) is 0 Å². The van der Waals surface area contributed by atoms with Crippen molar-refractivity contribution in [2.75, 3.05) is 20.8 Å². The van der Waals surface area contributed by atoms with Gasteiger partial charge in [0.1, 0.15) is 12.6 Å². The molecule has 4 heteroatoms. The predicted molar refractivity (Wildman–Crippen MR) is 44.3 cm³/mol. The van der Waals surface area contributed by atoms with Crippen molar-refractivity contribution in [1.29, 1.82) is 0 Å². The van der Waals surface area contributed by atoms with Crippen LogP contribution in [0.5, 0.6) is 0 Å². The average Bonchev–Trinajstić information content (AvgIpc) is 2.10. The monoisotopic (exact) mass is 171 g/mol. The zero-order chi connectivity index (χ0) is 9.40. The van der Waals surface area contributed by atoms with Gasteiger partial charge in [0.25, 0.3) is 0 Å². The van der Waals surface area contributed by atoms with Crippen LogP contribution in [-0.2, 0) is 14.3 Å². The Hall–Kier alpha value is -1.05. The molecule has 0 saturated carbocycles. The second kappa shape index (κ2) is 6.65. The summed E-state index contributed by atoms with van der Waals surface area (Å²) in [6.45, 7) is 0.355. The predicted octanol–water partition coefficient (Wildman–Crippen LogP) is -0.473. The minimum atomic E-state index is -0.653. The van der Waals surface area contributed by atoms with Gasteiger partial charge in [-0.3, -0.25) is 4.79 Å². The normalized spacial score (nSPS) is 11.2. The lowest BCUT2D eigenvalue weighted by Gasteiger charge is -2.03. The third-order valence-electron chi connectivity index (χ3n) is 1.17. The smallest absolute Gasteiger partial charge is 0.323 e. The molecule has 0 aliphatic heterocycles. The van der Waals surface area contributed by atoms with Crippen molar-refractivity contribution in [2.45, 2.75) is 12.5 Å². The number of ether oxygens (including phenoxy) is 2. The summed E-state index contributed by atoms with van der Waals surface area (Å²) < 4.78 is 9.09. The van der Waals surface area contributed by atoms with Gasteiger partial charge in [-0.15, -0.1) is 0 Å². The Kier molecular flexibility index (Phi) is 6.07. The standard InChI is InChI=1S/C8H13NO3/c1-11-6-4-3-5-7(9)8(10)12-2/h7H,5-6,9H2,1-2H3. The molecule has 12 heavy (non-hydrogen) atoms. The highest BCUT2D eigenvalue weighted by atomic mass is 16.5. The topological polar surface area (TPSA) is 61.5 Å².